The predicted octanol–water partition coefficient (Wildman–Crippen LogP) is 6.21. The summed E-state index contributed by atoms with van der Waals surface area (Å²) in [6.45, 7) is -1.13. The maximum atomic E-state index is 13.7. The topological polar surface area (TPSA) is 9.23 Å². The summed E-state index contributed by atoms with van der Waals surface area (Å²) in [5.74, 6) is -9.67. The molecule has 1 nitrogen and oxygen atoms in total. The van der Waals surface area contributed by atoms with Crippen LogP contribution in [0, 0.1) is 29.1 Å². The Hall–Kier alpha value is -0.820. The van der Waals surface area contributed by atoms with Crippen LogP contribution in [0.4, 0.5) is 22.0 Å². The lowest BCUT2D eigenvalue weighted by atomic mass is 10.2. The molecule has 9 heteroatoms. The monoisotopic (exact) mass is 382 g/mol. The van der Waals surface area contributed by atoms with Crippen LogP contribution in [0.5, 0.6) is 0 Å². The number of hydrogen-bond donors (Lipinski definition) is 0. The zero-order valence-electron chi connectivity index (χ0n) is 11.2. The molecule has 1 fully saturated rings. The molecule has 3 rings (SSSR count). The average molecular weight is 382 g/mol. The van der Waals surface area contributed by atoms with Crippen LogP contribution < -0.4 is 0 Å². The molecular weight excluding hydrogens is 374 g/mol. The molecule has 1 heterocycles. The predicted molar refractivity (Wildman–Crippen MR) is 81.7 cm³/mol. The molecule has 1 aliphatic heterocycles. The fourth-order valence-corrected chi connectivity index (χ4v) is 8.46. The standard InChI is InChI=1S/C14H8F5OPS2/c15-9-10(16)12(18)14(13(19)11(9)17)23-21-20-6-8(22-21)7-4-2-1-3-5-7/h1-5,8H,6H2/t8-,21?/m1/s1. The van der Waals surface area contributed by atoms with Crippen LogP contribution in [0.25, 0.3) is 0 Å². The Balaban J connectivity index is 1.79. The van der Waals surface area contributed by atoms with E-state index in [0.29, 0.717) is 18.0 Å². The summed E-state index contributed by atoms with van der Waals surface area (Å²) in [5.41, 5.74) is 0.987. The van der Waals surface area contributed by atoms with Gasteiger partial charge in [0.05, 0.1) is 16.8 Å². The van der Waals surface area contributed by atoms with Crippen LogP contribution in [0.1, 0.15) is 10.8 Å². The Kier molecular flexibility index (Phi) is 5.16. The third-order valence-electron chi connectivity index (χ3n) is 3.05. The summed E-state index contributed by atoms with van der Waals surface area (Å²) in [5, 5.41) is -0.0314. The summed E-state index contributed by atoms with van der Waals surface area (Å²) in [4.78, 5) is -0.895. The molecule has 2 atom stereocenters. The Morgan fingerprint density at radius 2 is 1.48 bits per heavy atom. The summed E-state index contributed by atoms with van der Waals surface area (Å²) >= 11 is 1.87. The highest BCUT2D eigenvalue weighted by molar-refractivity contribution is 8.87. The molecule has 0 aromatic heterocycles. The Morgan fingerprint density at radius 1 is 0.913 bits per heavy atom. The molecule has 0 radical (unpaired) electrons. The highest BCUT2D eigenvalue weighted by Gasteiger charge is 2.33. The van der Waals surface area contributed by atoms with Crippen molar-refractivity contribution in [3.05, 3.63) is 65.0 Å². The molecule has 2 aromatic carbocycles. The Labute approximate surface area is 137 Å². The quantitative estimate of drug-likeness (QED) is 0.271. The molecule has 23 heavy (non-hydrogen) atoms. The van der Waals surface area contributed by atoms with E-state index in [4.69, 9.17) is 4.52 Å². The van der Waals surface area contributed by atoms with Gasteiger partial charge in [-0.2, -0.15) is 0 Å². The van der Waals surface area contributed by atoms with Crippen molar-refractivity contribution < 1.29 is 26.5 Å². The lowest BCUT2D eigenvalue weighted by Crippen LogP contribution is -2.02. The van der Waals surface area contributed by atoms with Crippen molar-refractivity contribution in [1.29, 1.82) is 0 Å². The Bertz CT molecular complexity index is 702. The van der Waals surface area contributed by atoms with E-state index in [1.165, 1.54) is 11.4 Å². The molecule has 0 N–H and O–H groups in total. The van der Waals surface area contributed by atoms with Gasteiger partial charge >= 0.3 is 0 Å². The van der Waals surface area contributed by atoms with Gasteiger partial charge < -0.3 is 4.52 Å². The molecule has 0 saturated carbocycles. The molecule has 122 valence electrons. The summed E-state index contributed by atoms with van der Waals surface area (Å²) in [6, 6.07) is 9.35. The van der Waals surface area contributed by atoms with Gasteiger partial charge in [-0.3, -0.25) is 0 Å². The largest absolute Gasteiger partial charge is 0.337 e. The van der Waals surface area contributed by atoms with Crippen LogP contribution in [0.3, 0.4) is 0 Å². The van der Waals surface area contributed by atoms with E-state index < -0.39 is 40.5 Å². The van der Waals surface area contributed by atoms with Gasteiger partial charge in [0.1, 0.15) is 0 Å². The van der Waals surface area contributed by atoms with Gasteiger partial charge in [0, 0.05) is 0 Å². The zero-order chi connectivity index (χ0) is 16.6. The zero-order valence-corrected chi connectivity index (χ0v) is 13.8. The van der Waals surface area contributed by atoms with Gasteiger partial charge in [0.2, 0.25) is 5.82 Å². The molecule has 0 amide bonds. The van der Waals surface area contributed by atoms with Gasteiger partial charge in [-0.05, 0) is 5.56 Å². The van der Waals surface area contributed by atoms with Crippen molar-refractivity contribution in [2.45, 2.75) is 10.1 Å². The van der Waals surface area contributed by atoms with E-state index in [1.807, 2.05) is 30.3 Å². The molecular formula is C14H8F5OPS2. The highest BCUT2D eigenvalue weighted by atomic mass is 33.1. The number of rotatable bonds is 3. The van der Waals surface area contributed by atoms with Crippen LogP contribution in [-0.2, 0) is 4.52 Å². The maximum absolute atomic E-state index is 13.7. The third kappa shape index (κ3) is 3.36. The first-order chi connectivity index (χ1) is 11.0. The molecule has 0 bridgehead atoms. The van der Waals surface area contributed by atoms with Crippen LogP contribution >= 0.6 is 29.3 Å². The number of halogens is 5. The van der Waals surface area contributed by atoms with Gasteiger partial charge in [0.25, 0.3) is 0 Å². The van der Waals surface area contributed by atoms with Crippen molar-refractivity contribution in [1.82, 2.24) is 0 Å². The smallest absolute Gasteiger partial charge is 0.200 e. The van der Waals surface area contributed by atoms with Crippen molar-refractivity contribution in [3.63, 3.8) is 0 Å². The molecule has 1 aliphatic rings. The minimum Gasteiger partial charge on any atom is -0.337 e. The normalized spacial score (nSPS) is 20.9. The molecule has 2 aromatic rings. The van der Waals surface area contributed by atoms with Crippen LogP contribution in [0.15, 0.2) is 35.2 Å². The average Bonchev–Trinajstić information content (AvgIpc) is 3.05. The molecule has 0 spiro atoms. The second kappa shape index (κ2) is 6.97. The van der Waals surface area contributed by atoms with Crippen LogP contribution in [0.2, 0.25) is 0 Å². The van der Waals surface area contributed by atoms with Gasteiger partial charge in [-0.25, -0.2) is 22.0 Å². The lowest BCUT2D eigenvalue weighted by Gasteiger charge is -2.11. The first-order valence-electron chi connectivity index (χ1n) is 6.33. The van der Waals surface area contributed by atoms with E-state index in [2.05, 4.69) is 0 Å². The van der Waals surface area contributed by atoms with E-state index >= 15 is 0 Å². The van der Waals surface area contributed by atoms with E-state index in [9.17, 15) is 22.0 Å². The first-order valence-corrected chi connectivity index (χ1v) is 10.5. The van der Waals surface area contributed by atoms with Crippen molar-refractivity contribution >= 4 is 29.3 Å². The van der Waals surface area contributed by atoms with Crippen molar-refractivity contribution in [2.75, 3.05) is 6.61 Å². The minimum absolute atomic E-state index is 0.0314. The van der Waals surface area contributed by atoms with Crippen LogP contribution in [-0.4, -0.2) is 6.61 Å². The number of hydrogen-bond acceptors (Lipinski definition) is 3. The number of benzene rings is 2. The van der Waals surface area contributed by atoms with E-state index in [0.717, 1.165) is 5.56 Å². The third-order valence-corrected chi connectivity index (χ3v) is 9.29. The molecule has 0 aliphatic carbocycles. The molecule has 1 unspecified atom stereocenters. The van der Waals surface area contributed by atoms with Gasteiger partial charge in [-0.1, -0.05) is 53.1 Å². The summed E-state index contributed by atoms with van der Waals surface area (Å²) in [7, 11) is 0. The second-order valence-electron chi connectivity index (χ2n) is 4.51. The van der Waals surface area contributed by atoms with Crippen molar-refractivity contribution in [3.8, 4) is 0 Å². The summed E-state index contributed by atoms with van der Waals surface area (Å²) < 4.78 is 72.3. The first kappa shape index (κ1) is 17.0. The summed E-state index contributed by atoms with van der Waals surface area (Å²) in [6.07, 6.45) is 0. The fraction of sp³-hybridized carbons (Fsp3) is 0.143. The maximum Gasteiger partial charge on any atom is 0.200 e. The van der Waals surface area contributed by atoms with Crippen molar-refractivity contribution in [2.24, 2.45) is 0 Å². The SMILES string of the molecule is Fc1c(F)c(F)c(SP2OC[C@H](c3ccccc3)S2)c(F)c1F. The molecule has 1 saturated heterocycles. The van der Waals surface area contributed by atoms with Gasteiger partial charge in [0.15, 0.2) is 29.8 Å². The minimum atomic E-state index is -2.15. The van der Waals surface area contributed by atoms with Gasteiger partial charge in [-0.15, -0.1) is 0 Å². The Morgan fingerprint density at radius 3 is 2.09 bits per heavy atom. The van der Waals surface area contributed by atoms with E-state index in [1.54, 1.807) is 0 Å². The van der Waals surface area contributed by atoms with E-state index in [-0.39, 0.29) is 5.25 Å². The fourth-order valence-electron chi connectivity index (χ4n) is 1.91. The lowest BCUT2D eigenvalue weighted by molar-refractivity contribution is 0.360. The highest BCUT2D eigenvalue weighted by Crippen LogP contribution is 2.73. The second-order valence-corrected chi connectivity index (χ2v) is 10.5.